The Hall–Kier alpha value is -1.42. The van der Waals surface area contributed by atoms with Crippen LogP contribution in [0.15, 0.2) is 42.5 Å². The average molecular weight is 285 g/mol. The van der Waals surface area contributed by atoms with E-state index in [-0.39, 0.29) is 6.10 Å². The summed E-state index contributed by atoms with van der Waals surface area (Å²) in [4.78, 5) is 2.36. The quantitative estimate of drug-likeness (QED) is 0.941. The number of aliphatic hydroxyl groups is 1. The molecule has 2 atom stereocenters. The highest BCUT2D eigenvalue weighted by molar-refractivity contribution is 5.86. The molecule has 1 fully saturated rings. The lowest BCUT2D eigenvalue weighted by Gasteiger charge is -2.37. The molecule has 1 aliphatic rings. The van der Waals surface area contributed by atoms with Crippen molar-refractivity contribution in [2.75, 3.05) is 19.7 Å². The molecule has 3 heteroatoms. The van der Waals surface area contributed by atoms with E-state index >= 15 is 0 Å². The molecule has 1 heterocycles. The number of ether oxygens (including phenoxy) is 1. The zero-order valence-corrected chi connectivity index (χ0v) is 12.7. The molecule has 0 spiro atoms. The van der Waals surface area contributed by atoms with E-state index in [1.165, 1.54) is 0 Å². The lowest BCUT2D eigenvalue weighted by Crippen LogP contribution is -2.47. The highest BCUT2D eigenvalue weighted by Crippen LogP contribution is 2.29. The van der Waals surface area contributed by atoms with E-state index in [1.54, 1.807) is 0 Å². The van der Waals surface area contributed by atoms with Gasteiger partial charge < -0.3 is 9.84 Å². The highest BCUT2D eigenvalue weighted by atomic mass is 16.5. The summed E-state index contributed by atoms with van der Waals surface area (Å²) in [5, 5.41) is 13.1. The predicted octanol–water partition coefficient (Wildman–Crippen LogP) is 2.98. The third-order valence-corrected chi connectivity index (χ3v) is 4.35. The van der Waals surface area contributed by atoms with Gasteiger partial charge in [0.25, 0.3) is 0 Å². The Bertz CT molecular complexity index is 606. The van der Waals surface area contributed by atoms with Crippen LogP contribution in [0.25, 0.3) is 10.8 Å². The summed E-state index contributed by atoms with van der Waals surface area (Å²) in [5.74, 6) is 0. The lowest BCUT2D eigenvalue weighted by atomic mass is 9.96. The van der Waals surface area contributed by atoms with Crippen LogP contribution in [0.3, 0.4) is 0 Å². The molecule has 3 nitrogen and oxygen atoms in total. The van der Waals surface area contributed by atoms with Crippen LogP contribution < -0.4 is 0 Å². The molecule has 1 N–H and O–H groups in total. The van der Waals surface area contributed by atoms with Gasteiger partial charge in [-0.05, 0) is 30.2 Å². The van der Waals surface area contributed by atoms with Gasteiger partial charge in [0.05, 0.1) is 6.61 Å². The van der Waals surface area contributed by atoms with Crippen LogP contribution in [0.2, 0.25) is 0 Å². The van der Waals surface area contributed by atoms with E-state index in [9.17, 15) is 5.11 Å². The first kappa shape index (κ1) is 14.5. The fraction of sp³-hybridized carbons (Fsp3) is 0.444. The molecular weight excluding hydrogens is 262 g/mol. The van der Waals surface area contributed by atoms with Crippen molar-refractivity contribution in [2.24, 2.45) is 0 Å². The molecule has 0 saturated carbocycles. The van der Waals surface area contributed by atoms with E-state index in [1.807, 2.05) is 24.3 Å². The Kier molecular flexibility index (Phi) is 4.24. The normalized spacial score (nSPS) is 21.8. The van der Waals surface area contributed by atoms with Crippen LogP contribution in [0, 0.1) is 0 Å². The second kappa shape index (κ2) is 6.14. The van der Waals surface area contributed by atoms with Crippen molar-refractivity contribution in [2.45, 2.75) is 32.1 Å². The van der Waals surface area contributed by atoms with Gasteiger partial charge in [-0.3, -0.25) is 4.90 Å². The second-order valence-corrected chi connectivity index (χ2v) is 6.01. The third-order valence-electron chi connectivity index (χ3n) is 4.35. The topological polar surface area (TPSA) is 32.7 Å². The second-order valence-electron chi connectivity index (χ2n) is 6.01. The molecule has 0 radical (unpaired) electrons. The van der Waals surface area contributed by atoms with Crippen molar-refractivity contribution >= 4 is 10.8 Å². The maximum Gasteiger partial charge on any atom is 0.107 e. The Morgan fingerprint density at radius 2 is 1.90 bits per heavy atom. The summed E-state index contributed by atoms with van der Waals surface area (Å²) < 4.78 is 5.83. The van der Waals surface area contributed by atoms with Crippen LogP contribution in [0.4, 0.5) is 0 Å². The van der Waals surface area contributed by atoms with Crippen LogP contribution >= 0.6 is 0 Å². The summed E-state index contributed by atoms with van der Waals surface area (Å²) in [5.41, 5.74) is 0.962. The number of hydrogen-bond donors (Lipinski definition) is 1. The summed E-state index contributed by atoms with van der Waals surface area (Å²) in [7, 11) is 0. The van der Waals surface area contributed by atoms with Crippen LogP contribution in [0.1, 0.15) is 25.5 Å². The largest absolute Gasteiger partial charge is 0.386 e. The summed E-state index contributed by atoms with van der Waals surface area (Å²) in [6, 6.07) is 14.8. The minimum Gasteiger partial charge on any atom is -0.386 e. The molecule has 2 aromatic rings. The molecule has 3 rings (SSSR count). The molecule has 2 unspecified atom stereocenters. The van der Waals surface area contributed by atoms with Crippen molar-refractivity contribution in [3.05, 3.63) is 48.0 Å². The number of rotatable bonds is 3. The zero-order valence-electron chi connectivity index (χ0n) is 12.7. The first-order chi connectivity index (χ1) is 10.2. The fourth-order valence-electron chi connectivity index (χ4n) is 3.07. The van der Waals surface area contributed by atoms with Gasteiger partial charge in [0.15, 0.2) is 0 Å². The van der Waals surface area contributed by atoms with Crippen molar-refractivity contribution in [1.29, 1.82) is 0 Å². The van der Waals surface area contributed by atoms with E-state index in [0.717, 1.165) is 29.4 Å². The van der Waals surface area contributed by atoms with Gasteiger partial charge >= 0.3 is 0 Å². The molecule has 0 aliphatic carbocycles. The van der Waals surface area contributed by atoms with E-state index in [0.29, 0.717) is 12.6 Å². The Labute approximate surface area is 126 Å². The van der Waals surface area contributed by atoms with Crippen molar-refractivity contribution < 1.29 is 9.84 Å². The Morgan fingerprint density at radius 3 is 2.71 bits per heavy atom. The van der Waals surface area contributed by atoms with E-state index < -0.39 is 6.10 Å². The maximum absolute atomic E-state index is 10.8. The molecule has 1 aliphatic heterocycles. The first-order valence-electron chi connectivity index (χ1n) is 7.68. The SMILES string of the molecule is CC(C)N1CCOC(C(O)c2cccc3ccccc23)C1. The standard InChI is InChI=1S/C18H23NO2/c1-13(2)19-10-11-21-17(12-19)18(20)16-9-5-7-14-6-3-4-8-15(14)16/h3-9,13,17-18,20H,10-12H2,1-2H3. The van der Waals surface area contributed by atoms with Gasteiger partial charge in [-0.15, -0.1) is 0 Å². The molecule has 21 heavy (non-hydrogen) atoms. The first-order valence-corrected chi connectivity index (χ1v) is 7.68. The molecule has 112 valence electrons. The molecule has 1 saturated heterocycles. The van der Waals surface area contributed by atoms with Crippen molar-refractivity contribution in [1.82, 2.24) is 4.90 Å². The van der Waals surface area contributed by atoms with Gasteiger partial charge in [0, 0.05) is 19.1 Å². The maximum atomic E-state index is 10.8. The van der Waals surface area contributed by atoms with Gasteiger partial charge in [-0.2, -0.15) is 0 Å². The molecule has 2 aromatic carbocycles. The van der Waals surface area contributed by atoms with Crippen molar-refractivity contribution in [3.63, 3.8) is 0 Å². The zero-order chi connectivity index (χ0) is 14.8. The van der Waals surface area contributed by atoms with Gasteiger partial charge in [0.2, 0.25) is 0 Å². The summed E-state index contributed by atoms with van der Waals surface area (Å²) in [6.07, 6.45) is -0.746. The number of nitrogens with zero attached hydrogens (tertiary/aromatic N) is 1. The Morgan fingerprint density at radius 1 is 1.14 bits per heavy atom. The number of benzene rings is 2. The van der Waals surface area contributed by atoms with Crippen LogP contribution in [0.5, 0.6) is 0 Å². The molecule has 0 bridgehead atoms. The third kappa shape index (κ3) is 2.95. The van der Waals surface area contributed by atoms with Gasteiger partial charge in [0.1, 0.15) is 12.2 Å². The minimum absolute atomic E-state index is 0.160. The summed E-state index contributed by atoms with van der Waals surface area (Å²) >= 11 is 0. The molecular formula is C18H23NO2. The average Bonchev–Trinajstić information content (AvgIpc) is 2.53. The summed E-state index contributed by atoms with van der Waals surface area (Å²) in [6.45, 7) is 6.78. The van der Waals surface area contributed by atoms with Gasteiger partial charge in [-0.1, -0.05) is 42.5 Å². The smallest absolute Gasteiger partial charge is 0.107 e. The number of morpholine rings is 1. The number of fused-ring (bicyclic) bond motifs is 1. The predicted molar refractivity (Wildman–Crippen MR) is 85.4 cm³/mol. The molecule has 0 amide bonds. The van der Waals surface area contributed by atoms with E-state index in [4.69, 9.17) is 4.74 Å². The fourth-order valence-corrected chi connectivity index (χ4v) is 3.07. The monoisotopic (exact) mass is 285 g/mol. The number of hydrogen-bond acceptors (Lipinski definition) is 3. The Balaban J connectivity index is 1.88. The van der Waals surface area contributed by atoms with Crippen LogP contribution in [-0.2, 0) is 4.74 Å². The number of aliphatic hydroxyl groups excluding tert-OH is 1. The van der Waals surface area contributed by atoms with Crippen molar-refractivity contribution in [3.8, 4) is 0 Å². The molecule has 0 aromatic heterocycles. The van der Waals surface area contributed by atoms with Crippen LogP contribution in [-0.4, -0.2) is 41.8 Å². The highest BCUT2D eigenvalue weighted by Gasteiger charge is 2.29. The van der Waals surface area contributed by atoms with E-state index in [2.05, 4.69) is 36.9 Å². The lowest BCUT2D eigenvalue weighted by molar-refractivity contribution is -0.0957. The minimum atomic E-state index is -0.586. The van der Waals surface area contributed by atoms with Gasteiger partial charge in [-0.25, -0.2) is 0 Å².